The van der Waals surface area contributed by atoms with Gasteiger partial charge in [0, 0.05) is 98.5 Å². The zero-order chi connectivity index (χ0) is 41.2. The molecule has 22 heteroatoms. The zero-order valence-corrected chi connectivity index (χ0v) is 33.1. The molecular weight excluding hydrogens is 795 g/mol. The van der Waals surface area contributed by atoms with E-state index in [1.165, 1.54) is 12.1 Å². The number of hydrogen-bond acceptors (Lipinski definition) is 16. The van der Waals surface area contributed by atoms with Gasteiger partial charge in [0.15, 0.2) is 23.3 Å². The van der Waals surface area contributed by atoms with Crippen LogP contribution in [0.15, 0.2) is 73.6 Å². The van der Waals surface area contributed by atoms with Crippen molar-refractivity contribution in [1.82, 2.24) is 49.8 Å². The van der Waals surface area contributed by atoms with Gasteiger partial charge in [-0.05, 0) is 26.0 Å². The van der Waals surface area contributed by atoms with Gasteiger partial charge in [0.05, 0.1) is 41.7 Å². The van der Waals surface area contributed by atoms with Gasteiger partial charge in [0.2, 0.25) is 26.0 Å². The van der Waals surface area contributed by atoms with Gasteiger partial charge in [-0.1, -0.05) is 0 Å². The fourth-order valence-electron chi connectivity index (χ4n) is 6.57. The van der Waals surface area contributed by atoms with Gasteiger partial charge in [0.1, 0.15) is 23.3 Å². The molecule has 2 unspecified atom stereocenters. The summed E-state index contributed by atoms with van der Waals surface area (Å²) in [5.41, 5.74) is 3.65. The Morgan fingerprint density at radius 1 is 0.603 bits per heavy atom. The number of rotatable bonds is 8. The fraction of sp³-hybridized carbons (Fsp3) is 0.278. The van der Waals surface area contributed by atoms with Crippen LogP contribution >= 0.6 is 0 Å². The van der Waals surface area contributed by atoms with E-state index in [4.69, 9.17) is 0 Å². The van der Waals surface area contributed by atoms with Crippen LogP contribution in [0, 0.1) is 11.8 Å². The van der Waals surface area contributed by atoms with Gasteiger partial charge >= 0.3 is 0 Å². The topological polar surface area (TPSA) is 228 Å². The number of fused-ring (bicyclic) bond motifs is 2. The lowest BCUT2D eigenvalue weighted by Crippen LogP contribution is -2.35. The van der Waals surface area contributed by atoms with Gasteiger partial charge in [-0.15, -0.1) is 0 Å². The van der Waals surface area contributed by atoms with E-state index in [1.54, 1.807) is 49.3 Å². The van der Waals surface area contributed by atoms with Crippen molar-refractivity contribution in [3.05, 3.63) is 108 Å². The Kier molecular flexibility index (Phi) is 11.1. The lowest BCUT2D eigenvalue weighted by Gasteiger charge is -2.35. The highest BCUT2D eigenvalue weighted by molar-refractivity contribution is 7.92. The van der Waals surface area contributed by atoms with Crippen molar-refractivity contribution >= 4 is 43.2 Å². The van der Waals surface area contributed by atoms with E-state index in [0.29, 0.717) is 60.9 Å². The van der Waals surface area contributed by atoms with Crippen LogP contribution in [0.5, 0.6) is 0 Å². The van der Waals surface area contributed by atoms with E-state index in [-0.39, 0.29) is 23.6 Å². The van der Waals surface area contributed by atoms with E-state index < -0.39 is 31.8 Å². The van der Waals surface area contributed by atoms with E-state index in [9.17, 15) is 25.6 Å². The van der Waals surface area contributed by atoms with Crippen LogP contribution in [0.25, 0.3) is 23.3 Å². The first-order chi connectivity index (χ1) is 27.6. The summed E-state index contributed by atoms with van der Waals surface area (Å²) in [6.07, 6.45) is 13.2. The minimum Gasteiger partial charge on any atom is -0.349 e. The second-order valence-electron chi connectivity index (χ2n) is 13.4. The summed E-state index contributed by atoms with van der Waals surface area (Å²) in [6.45, 7) is 4.96. The number of halogens is 2. The zero-order valence-electron chi connectivity index (χ0n) is 31.5. The Hall–Kier alpha value is -6.42. The summed E-state index contributed by atoms with van der Waals surface area (Å²) >= 11 is 0. The maximum Gasteiger partial charge on any atom is 0.230 e. The Bertz CT molecular complexity index is 2500. The highest BCUT2D eigenvalue weighted by Crippen LogP contribution is 2.35. The Balaban J connectivity index is 0.000000177. The molecule has 2 aliphatic rings. The minimum absolute atomic E-state index is 0.0617. The third kappa shape index (κ3) is 9.40. The average Bonchev–Trinajstić information content (AvgIpc) is 3.17. The number of nitrogens with one attached hydrogen (secondary N) is 2. The Labute approximate surface area is 332 Å². The van der Waals surface area contributed by atoms with Crippen LogP contribution in [-0.2, 0) is 32.9 Å². The van der Waals surface area contributed by atoms with Crippen molar-refractivity contribution in [3.63, 3.8) is 0 Å². The summed E-state index contributed by atoms with van der Waals surface area (Å²) in [6, 6.07) is 7.97. The molecule has 0 saturated heterocycles. The van der Waals surface area contributed by atoms with E-state index in [1.807, 2.05) is 23.6 Å². The van der Waals surface area contributed by atoms with Gasteiger partial charge in [-0.3, -0.25) is 9.44 Å². The van der Waals surface area contributed by atoms with E-state index in [2.05, 4.69) is 59.3 Å². The van der Waals surface area contributed by atoms with Crippen LogP contribution in [0.3, 0.4) is 0 Å². The molecule has 18 nitrogen and oxygen atoms in total. The molecule has 300 valence electrons. The second-order valence-corrected chi connectivity index (χ2v) is 16.9. The van der Waals surface area contributed by atoms with Gasteiger partial charge in [-0.2, -0.15) is 4.39 Å². The summed E-state index contributed by atoms with van der Waals surface area (Å²) in [7, 11) is -7.09. The summed E-state index contributed by atoms with van der Waals surface area (Å²) in [5, 5.41) is 0. The second kappa shape index (κ2) is 16.2. The first-order valence-corrected chi connectivity index (χ1v) is 21.5. The summed E-state index contributed by atoms with van der Waals surface area (Å²) in [4.78, 5) is 46.6. The first-order valence-electron chi connectivity index (χ1n) is 17.7. The maximum atomic E-state index is 14.1. The molecule has 8 rings (SSSR count). The van der Waals surface area contributed by atoms with Gasteiger partial charge in [-0.25, -0.2) is 71.1 Å². The molecule has 0 bridgehead atoms. The molecule has 2 N–H and O–H groups in total. The SMILES string of the molecule is CC1c2cnc(-c3ncccn3)nc2CCN1c1cc(F)cc(NS(C)(=O)=O)n1.CC1c2cnc(-c3ncccn3)nc2CCN1c1cc(NS(C)(=O)=O)cc(F)n1. The van der Waals surface area contributed by atoms with Crippen LogP contribution < -0.4 is 19.2 Å². The molecule has 0 spiro atoms. The Morgan fingerprint density at radius 3 is 1.57 bits per heavy atom. The number of anilines is 4. The highest BCUT2D eigenvalue weighted by Gasteiger charge is 2.29. The van der Waals surface area contributed by atoms with E-state index in [0.717, 1.165) is 47.2 Å². The monoisotopic (exact) mass is 830 g/mol. The summed E-state index contributed by atoms with van der Waals surface area (Å²) in [5.74, 6) is 1.08. The lowest BCUT2D eigenvalue weighted by atomic mass is 9.99. The third-order valence-electron chi connectivity index (χ3n) is 9.08. The van der Waals surface area contributed by atoms with Crippen LogP contribution in [0.4, 0.5) is 31.9 Å². The molecule has 0 saturated carbocycles. The quantitative estimate of drug-likeness (QED) is 0.207. The third-order valence-corrected chi connectivity index (χ3v) is 10.3. The largest absolute Gasteiger partial charge is 0.349 e. The molecule has 6 aromatic rings. The van der Waals surface area contributed by atoms with Crippen molar-refractivity contribution in [2.24, 2.45) is 0 Å². The predicted octanol–water partition coefficient (Wildman–Crippen LogP) is 3.93. The molecule has 0 aromatic carbocycles. The van der Waals surface area contributed by atoms with Crippen LogP contribution in [0.2, 0.25) is 0 Å². The number of aromatic nitrogens is 10. The molecule has 8 heterocycles. The van der Waals surface area contributed by atoms with Crippen molar-refractivity contribution in [3.8, 4) is 23.3 Å². The van der Waals surface area contributed by atoms with Crippen molar-refractivity contribution in [2.45, 2.75) is 38.8 Å². The standard InChI is InChI=1S/2C18H18FN7O2S/c1-11-13-10-22-18(17-20-5-3-6-21-17)23-14(13)4-7-26(11)16-9-12(8-15(19)24-16)25-29(2,27)28;1-11-13-10-22-18(17-20-5-3-6-21-17)23-14(13)4-7-26(11)16-9-12(19)8-15(24-16)25-29(2,27)28/h2*3,5-6,8-11H,4,7H2,1-2H3,(H,24,25). The molecular formula is C36H36F2N14O4S2. The number of nitrogens with zero attached hydrogens (tertiary/aromatic N) is 12. The highest BCUT2D eigenvalue weighted by atomic mass is 32.2. The van der Waals surface area contributed by atoms with Gasteiger partial charge < -0.3 is 9.80 Å². The number of hydrogen-bond donors (Lipinski definition) is 2. The molecule has 58 heavy (non-hydrogen) atoms. The fourth-order valence-corrected chi connectivity index (χ4v) is 7.60. The lowest BCUT2D eigenvalue weighted by molar-refractivity contribution is 0.563. The predicted molar refractivity (Wildman–Crippen MR) is 210 cm³/mol. The molecule has 2 aliphatic heterocycles. The van der Waals surface area contributed by atoms with Crippen LogP contribution in [0.1, 0.15) is 48.4 Å². The molecule has 6 aromatic heterocycles. The van der Waals surface area contributed by atoms with Gasteiger partial charge in [0.25, 0.3) is 0 Å². The average molecular weight is 831 g/mol. The smallest absolute Gasteiger partial charge is 0.230 e. The molecule has 0 fully saturated rings. The maximum absolute atomic E-state index is 14.1. The first kappa shape index (κ1) is 39.8. The van der Waals surface area contributed by atoms with Crippen molar-refractivity contribution < 1.29 is 25.6 Å². The minimum atomic E-state index is -3.56. The molecule has 0 radical (unpaired) electrons. The van der Waals surface area contributed by atoms with Crippen molar-refractivity contribution in [1.29, 1.82) is 0 Å². The molecule has 0 aliphatic carbocycles. The normalized spacial score (nSPS) is 16.4. The van der Waals surface area contributed by atoms with E-state index >= 15 is 0 Å². The molecule has 0 amide bonds. The number of pyridine rings is 2. The Morgan fingerprint density at radius 2 is 1.09 bits per heavy atom. The van der Waals surface area contributed by atoms with Crippen molar-refractivity contribution in [2.75, 3.05) is 44.8 Å². The number of sulfonamides is 2. The summed E-state index contributed by atoms with van der Waals surface area (Å²) < 4.78 is 78.5. The molecule has 2 atom stereocenters. The van der Waals surface area contributed by atoms with Crippen LogP contribution in [-0.4, -0.2) is 92.3 Å².